The van der Waals surface area contributed by atoms with Gasteiger partial charge in [-0.05, 0) is 36.7 Å². The molecule has 3 nitrogen and oxygen atoms in total. The summed E-state index contributed by atoms with van der Waals surface area (Å²) in [6, 6.07) is 5.86. The second kappa shape index (κ2) is 3.03. The first-order valence-corrected chi connectivity index (χ1v) is 4.79. The van der Waals surface area contributed by atoms with Gasteiger partial charge in [0.2, 0.25) is 0 Å². The lowest BCUT2D eigenvalue weighted by Gasteiger charge is -2.09. The van der Waals surface area contributed by atoms with Gasteiger partial charge in [0.25, 0.3) is 0 Å². The Balaban J connectivity index is 2.04. The van der Waals surface area contributed by atoms with Crippen molar-refractivity contribution in [3.8, 4) is 11.5 Å². The van der Waals surface area contributed by atoms with E-state index in [2.05, 4.69) is 11.4 Å². The predicted molar refractivity (Wildman–Crippen MR) is 51.8 cm³/mol. The summed E-state index contributed by atoms with van der Waals surface area (Å²) in [6.45, 7) is 1.86. The topological polar surface area (TPSA) is 38.3 Å². The predicted octanol–water partition coefficient (Wildman–Crippen LogP) is 2.19. The summed E-state index contributed by atoms with van der Waals surface area (Å²) < 4.78 is 11.0. The highest BCUT2D eigenvalue weighted by molar-refractivity contribution is 5.52. The van der Waals surface area contributed by atoms with E-state index in [1.54, 1.807) is 6.26 Å². The highest BCUT2D eigenvalue weighted by Crippen LogP contribution is 2.27. The molecule has 0 saturated heterocycles. The molecule has 3 heteroatoms. The Kier molecular flexibility index (Phi) is 1.70. The molecule has 0 spiro atoms. The maximum atomic E-state index is 5.69. The first kappa shape index (κ1) is 7.88. The number of hydrogen-bond acceptors (Lipinski definition) is 3. The van der Waals surface area contributed by atoms with Crippen LogP contribution in [0.2, 0.25) is 0 Å². The van der Waals surface area contributed by atoms with Crippen LogP contribution in [0.25, 0.3) is 11.5 Å². The van der Waals surface area contributed by atoms with E-state index in [-0.39, 0.29) is 0 Å². The van der Waals surface area contributed by atoms with Gasteiger partial charge in [0, 0.05) is 0 Å². The Labute approximate surface area is 81.7 Å². The summed E-state index contributed by atoms with van der Waals surface area (Å²) in [5, 5.41) is 3.28. The van der Waals surface area contributed by atoms with Crippen LogP contribution in [-0.2, 0) is 13.0 Å². The Morgan fingerprint density at radius 2 is 2.29 bits per heavy atom. The van der Waals surface area contributed by atoms with Gasteiger partial charge in [-0.3, -0.25) is 0 Å². The molecule has 72 valence electrons. The number of fused-ring (bicyclic) bond motifs is 1. The number of nitrogens with one attached hydrogen (secondary N) is 1. The SMILES string of the molecule is c1coc(-c2cc3c(o2)CNCC3)c1. The molecule has 0 bridgehead atoms. The first-order chi connectivity index (χ1) is 6.93. The Morgan fingerprint density at radius 3 is 3.07 bits per heavy atom. The van der Waals surface area contributed by atoms with Crippen molar-refractivity contribution in [2.24, 2.45) is 0 Å². The third kappa shape index (κ3) is 1.17. The summed E-state index contributed by atoms with van der Waals surface area (Å²) in [5.41, 5.74) is 1.30. The molecule has 0 saturated carbocycles. The van der Waals surface area contributed by atoms with Gasteiger partial charge >= 0.3 is 0 Å². The molecule has 2 aromatic heterocycles. The van der Waals surface area contributed by atoms with Crippen LogP contribution in [-0.4, -0.2) is 6.54 Å². The average molecular weight is 189 g/mol. The molecule has 1 aliphatic rings. The Bertz CT molecular complexity index is 405. The van der Waals surface area contributed by atoms with Crippen LogP contribution in [0.3, 0.4) is 0 Å². The molecule has 14 heavy (non-hydrogen) atoms. The third-order valence-electron chi connectivity index (χ3n) is 2.52. The van der Waals surface area contributed by atoms with E-state index in [4.69, 9.17) is 8.83 Å². The van der Waals surface area contributed by atoms with Gasteiger partial charge in [-0.15, -0.1) is 0 Å². The normalized spacial score (nSPS) is 15.4. The quantitative estimate of drug-likeness (QED) is 0.747. The second-order valence-corrected chi connectivity index (χ2v) is 3.46. The van der Waals surface area contributed by atoms with Crippen molar-refractivity contribution in [1.29, 1.82) is 0 Å². The van der Waals surface area contributed by atoms with E-state index >= 15 is 0 Å². The summed E-state index contributed by atoms with van der Waals surface area (Å²) in [5.74, 6) is 2.69. The molecule has 0 aliphatic carbocycles. The molecular formula is C11H11NO2. The number of rotatable bonds is 1. The molecule has 0 fully saturated rings. The highest BCUT2D eigenvalue weighted by atomic mass is 16.4. The highest BCUT2D eigenvalue weighted by Gasteiger charge is 2.16. The van der Waals surface area contributed by atoms with E-state index < -0.39 is 0 Å². The fourth-order valence-corrected chi connectivity index (χ4v) is 1.79. The lowest BCUT2D eigenvalue weighted by molar-refractivity contribution is 0.457. The first-order valence-electron chi connectivity index (χ1n) is 4.79. The van der Waals surface area contributed by atoms with Gasteiger partial charge in [0.1, 0.15) is 5.76 Å². The lowest BCUT2D eigenvalue weighted by atomic mass is 10.1. The number of hydrogen-bond donors (Lipinski definition) is 1. The minimum atomic E-state index is 0.805. The van der Waals surface area contributed by atoms with Crippen molar-refractivity contribution in [3.05, 3.63) is 35.8 Å². The molecule has 1 N–H and O–H groups in total. The van der Waals surface area contributed by atoms with E-state index in [1.807, 2.05) is 12.1 Å². The van der Waals surface area contributed by atoms with Gasteiger partial charge in [0.05, 0.1) is 12.8 Å². The summed E-state index contributed by atoms with van der Waals surface area (Å²) in [7, 11) is 0. The van der Waals surface area contributed by atoms with Crippen LogP contribution in [0.4, 0.5) is 0 Å². The molecule has 0 atom stereocenters. The minimum absolute atomic E-state index is 0.805. The third-order valence-corrected chi connectivity index (χ3v) is 2.52. The zero-order valence-corrected chi connectivity index (χ0v) is 7.75. The number of furan rings is 2. The van der Waals surface area contributed by atoms with Crippen molar-refractivity contribution in [3.63, 3.8) is 0 Å². The average Bonchev–Trinajstić information content (AvgIpc) is 2.86. The van der Waals surface area contributed by atoms with Gasteiger partial charge in [-0.1, -0.05) is 0 Å². The molecule has 2 aromatic rings. The molecule has 3 rings (SSSR count). The zero-order chi connectivity index (χ0) is 9.38. The monoisotopic (exact) mass is 189 g/mol. The second-order valence-electron chi connectivity index (χ2n) is 3.46. The molecule has 0 unspecified atom stereocenters. The van der Waals surface area contributed by atoms with Gasteiger partial charge in [-0.2, -0.15) is 0 Å². The van der Waals surface area contributed by atoms with E-state index in [0.29, 0.717) is 0 Å². The molecule has 0 radical (unpaired) electrons. The van der Waals surface area contributed by atoms with E-state index in [9.17, 15) is 0 Å². The van der Waals surface area contributed by atoms with Crippen molar-refractivity contribution >= 4 is 0 Å². The standard InChI is InChI=1S/C11H11NO2/c1-2-9(13-5-1)10-6-8-3-4-12-7-11(8)14-10/h1-2,5-6,12H,3-4,7H2. The summed E-state index contributed by atoms with van der Waals surface area (Å²) in [4.78, 5) is 0. The van der Waals surface area contributed by atoms with Gasteiger partial charge < -0.3 is 14.2 Å². The molecule has 0 aromatic carbocycles. The molecule has 3 heterocycles. The van der Waals surface area contributed by atoms with Gasteiger partial charge in [-0.25, -0.2) is 0 Å². The van der Waals surface area contributed by atoms with Crippen molar-refractivity contribution in [1.82, 2.24) is 5.32 Å². The van der Waals surface area contributed by atoms with Crippen molar-refractivity contribution < 1.29 is 8.83 Å². The smallest absolute Gasteiger partial charge is 0.169 e. The van der Waals surface area contributed by atoms with Crippen molar-refractivity contribution in [2.75, 3.05) is 6.54 Å². The summed E-state index contributed by atoms with van der Waals surface area (Å²) in [6.07, 6.45) is 2.70. The minimum Gasteiger partial charge on any atom is -0.461 e. The van der Waals surface area contributed by atoms with E-state index in [0.717, 1.165) is 36.8 Å². The van der Waals surface area contributed by atoms with Crippen molar-refractivity contribution in [2.45, 2.75) is 13.0 Å². The summed E-state index contributed by atoms with van der Waals surface area (Å²) >= 11 is 0. The van der Waals surface area contributed by atoms with Crippen LogP contribution in [0.15, 0.2) is 33.3 Å². The molecule has 1 aliphatic heterocycles. The molecular weight excluding hydrogens is 178 g/mol. The largest absolute Gasteiger partial charge is 0.461 e. The Morgan fingerprint density at radius 1 is 1.29 bits per heavy atom. The Hall–Kier alpha value is -1.48. The lowest BCUT2D eigenvalue weighted by Crippen LogP contribution is -2.22. The van der Waals surface area contributed by atoms with Crippen LogP contribution in [0.1, 0.15) is 11.3 Å². The van der Waals surface area contributed by atoms with Crippen LogP contribution >= 0.6 is 0 Å². The van der Waals surface area contributed by atoms with Crippen LogP contribution in [0, 0.1) is 0 Å². The zero-order valence-electron chi connectivity index (χ0n) is 7.75. The van der Waals surface area contributed by atoms with Crippen LogP contribution < -0.4 is 5.32 Å². The fraction of sp³-hybridized carbons (Fsp3) is 0.273. The van der Waals surface area contributed by atoms with Gasteiger partial charge in [0.15, 0.2) is 11.5 Å². The fourth-order valence-electron chi connectivity index (χ4n) is 1.79. The maximum absolute atomic E-state index is 5.69. The maximum Gasteiger partial charge on any atom is 0.169 e. The van der Waals surface area contributed by atoms with E-state index in [1.165, 1.54) is 5.56 Å². The molecule has 0 amide bonds. The van der Waals surface area contributed by atoms with Crippen LogP contribution in [0.5, 0.6) is 0 Å².